The van der Waals surface area contributed by atoms with E-state index in [1.807, 2.05) is 19.1 Å². The molecule has 0 spiro atoms. The number of nitro benzene ring substituents is 1. The van der Waals surface area contributed by atoms with Crippen LogP contribution in [0.5, 0.6) is 0 Å². The van der Waals surface area contributed by atoms with E-state index in [-0.39, 0.29) is 40.5 Å². The molecule has 2 aliphatic carbocycles. The Morgan fingerprint density at radius 1 is 0.932 bits per heavy atom. The quantitative estimate of drug-likeness (QED) is 0.0881. The fourth-order valence-electron chi connectivity index (χ4n) is 7.16. The first-order chi connectivity index (χ1) is 21.2. The van der Waals surface area contributed by atoms with Gasteiger partial charge in [-0.25, -0.2) is 9.78 Å². The first kappa shape index (κ1) is 27.6. The molecule has 2 bridgehead atoms. The topological polar surface area (TPSA) is 137 Å². The van der Waals surface area contributed by atoms with Crippen molar-refractivity contribution in [3.63, 3.8) is 0 Å². The van der Waals surface area contributed by atoms with Crippen LogP contribution in [0, 0.1) is 40.7 Å². The van der Waals surface area contributed by atoms with Gasteiger partial charge in [0.05, 0.1) is 39.2 Å². The first-order valence-corrected chi connectivity index (χ1v) is 14.5. The summed E-state index contributed by atoms with van der Waals surface area (Å²) >= 11 is 0. The zero-order chi connectivity index (χ0) is 30.7. The Kier molecular flexibility index (Phi) is 6.57. The van der Waals surface area contributed by atoms with Crippen molar-refractivity contribution in [1.82, 2.24) is 4.98 Å². The lowest BCUT2D eigenvalue weighted by Gasteiger charge is -2.19. The molecule has 1 aromatic heterocycles. The van der Waals surface area contributed by atoms with E-state index in [2.05, 4.69) is 0 Å². The second-order valence-corrected chi connectivity index (χ2v) is 11.8. The predicted molar refractivity (Wildman–Crippen MR) is 160 cm³/mol. The number of carbonyl (C=O) groups is 4. The number of ether oxygens (including phenoxy) is 1. The number of hydrogen-bond acceptors (Lipinski definition) is 8. The summed E-state index contributed by atoms with van der Waals surface area (Å²) in [6.45, 7) is 1.34. The van der Waals surface area contributed by atoms with Gasteiger partial charge < -0.3 is 4.74 Å². The maximum atomic E-state index is 13.3. The molecule has 3 aliphatic rings. The predicted octanol–water partition coefficient (Wildman–Crippen LogP) is 5.69. The smallest absolute Gasteiger partial charge is 0.339 e. The summed E-state index contributed by atoms with van der Waals surface area (Å²) in [4.78, 5) is 68.9. The van der Waals surface area contributed by atoms with Crippen LogP contribution >= 0.6 is 0 Å². The highest BCUT2D eigenvalue weighted by Gasteiger charge is 2.61. The van der Waals surface area contributed by atoms with Gasteiger partial charge in [-0.05, 0) is 80.5 Å². The summed E-state index contributed by atoms with van der Waals surface area (Å²) in [5.74, 6) is -1.22. The van der Waals surface area contributed by atoms with Crippen molar-refractivity contribution in [2.24, 2.45) is 23.7 Å². The number of aromatic nitrogens is 1. The number of esters is 1. The molecule has 2 heterocycles. The van der Waals surface area contributed by atoms with Crippen LogP contribution in [0.25, 0.3) is 22.2 Å². The number of amides is 2. The molecule has 1 aliphatic heterocycles. The zero-order valence-corrected chi connectivity index (χ0v) is 23.8. The van der Waals surface area contributed by atoms with Crippen LogP contribution in [0.3, 0.4) is 0 Å². The van der Waals surface area contributed by atoms with Gasteiger partial charge >= 0.3 is 5.97 Å². The van der Waals surface area contributed by atoms with Crippen LogP contribution in [-0.4, -0.2) is 40.1 Å². The number of Topliss-reactive ketones (excluding diaryl/α,β-unsaturated/α-hetero) is 1. The number of rotatable bonds is 7. The fourth-order valence-corrected chi connectivity index (χ4v) is 7.16. The van der Waals surface area contributed by atoms with Gasteiger partial charge in [0.1, 0.15) is 0 Å². The van der Waals surface area contributed by atoms with E-state index in [4.69, 9.17) is 9.72 Å². The molecule has 2 amide bonds. The van der Waals surface area contributed by atoms with Crippen molar-refractivity contribution in [3.05, 3.63) is 99.6 Å². The molecule has 4 atom stereocenters. The number of nitrogens with zero attached hydrogens (tertiary/aromatic N) is 3. The normalized spacial score (nSPS) is 22.0. The molecule has 0 N–H and O–H groups in total. The third-order valence-corrected chi connectivity index (χ3v) is 9.27. The number of anilines is 1. The summed E-state index contributed by atoms with van der Waals surface area (Å²) in [5, 5.41) is 11.5. The number of ketones is 1. The summed E-state index contributed by atoms with van der Waals surface area (Å²) in [5.41, 5.74) is 3.41. The van der Waals surface area contributed by atoms with E-state index < -0.39 is 23.3 Å². The highest BCUT2D eigenvalue weighted by atomic mass is 16.6. The number of pyridine rings is 1. The first-order valence-electron chi connectivity index (χ1n) is 14.5. The van der Waals surface area contributed by atoms with E-state index >= 15 is 0 Å². The molecular formula is C34H27N3O7. The monoisotopic (exact) mass is 589 g/mol. The number of carbonyl (C=O) groups excluding carboxylic acids is 4. The van der Waals surface area contributed by atoms with Gasteiger partial charge in [0.15, 0.2) is 12.4 Å². The van der Waals surface area contributed by atoms with Gasteiger partial charge in [-0.15, -0.1) is 0 Å². The molecule has 220 valence electrons. The van der Waals surface area contributed by atoms with Crippen molar-refractivity contribution in [1.29, 1.82) is 0 Å². The zero-order valence-electron chi connectivity index (χ0n) is 23.8. The molecule has 0 radical (unpaired) electrons. The second-order valence-electron chi connectivity index (χ2n) is 11.8. The third-order valence-electron chi connectivity index (χ3n) is 9.27. The average molecular weight is 590 g/mol. The molecular weight excluding hydrogens is 562 g/mol. The number of benzene rings is 3. The van der Waals surface area contributed by atoms with Gasteiger partial charge in [-0.2, -0.15) is 0 Å². The molecule has 10 heteroatoms. The van der Waals surface area contributed by atoms with Crippen molar-refractivity contribution < 1.29 is 28.8 Å². The van der Waals surface area contributed by atoms with Gasteiger partial charge in [0.2, 0.25) is 11.8 Å². The number of aryl methyl sites for hydroxylation is 1. The lowest BCUT2D eigenvalue weighted by Crippen LogP contribution is -2.32. The molecule has 3 aromatic carbocycles. The maximum Gasteiger partial charge on any atom is 0.339 e. The summed E-state index contributed by atoms with van der Waals surface area (Å²) < 4.78 is 5.40. The van der Waals surface area contributed by atoms with Crippen LogP contribution < -0.4 is 4.90 Å². The highest BCUT2D eigenvalue weighted by Crippen LogP contribution is 2.56. The van der Waals surface area contributed by atoms with Gasteiger partial charge in [-0.1, -0.05) is 23.8 Å². The lowest BCUT2D eigenvalue weighted by atomic mass is 9.81. The lowest BCUT2D eigenvalue weighted by molar-refractivity contribution is -0.384. The maximum absolute atomic E-state index is 13.3. The van der Waals surface area contributed by atoms with Crippen LogP contribution in [0.1, 0.15) is 45.5 Å². The van der Waals surface area contributed by atoms with Crippen LogP contribution in [0.15, 0.2) is 72.8 Å². The van der Waals surface area contributed by atoms with Gasteiger partial charge in [0.25, 0.3) is 5.69 Å². The molecule has 44 heavy (non-hydrogen) atoms. The number of non-ortho nitro benzene ring substituents is 1. The Hall–Kier alpha value is -5.25. The van der Waals surface area contributed by atoms with Crippen molar-refractivity contribution in [3.8, 4) is 11.3 Å². The minimum atomic E-state index is -0.717. The molecule has 1 saturated heterocycles. The fraction of sp³-hybridized carbons (Fsp3) is 0.265. The Labute approximate surface area is 251 Å². The SMILES string of the molecule is Cc1ccc2nc(-c3ccc(N4C(=O)[C@@H]5[C@@H]6CC[C@@H](C6)[C@@H]5C4=O)cc3)cc(C(=O)OCC(=O)c3ccc([N+](=O)[O-])cc3)c2c1. The Bertz CT molecular complexity index is 1860. The molecule has 0 unspecified atom stereocenters. The van der Waals surface area contributed by atoms with E-state index in [0.717, 1.165) is 24.8 Å². The Balaban J connectivity index is 1.14. The summed E-state index contributed by atoms with van der Waals surface area (Å²) in [7, 11) is 0. The molecule has 4 aromatic rings. The average Bonchev–Trinajstić information content (AvgIpc) is 3.72. The van der Waals surface area contributed by atoms with E-state index in [1.165, 1.54) is 29.2 Å². The number of imide groups is 1. The van der Waals surface area contributed by atoms with Gasteiger partial charge in [0, 0.05) is 28.6 Å². The Morgan fingerprint density at radius 2 is 1.59 bits per heavy atom. The minimum absolute atomic E-state index is 0.104. The van der Waals surface area contributed by atoms with Crippen LogP contribution in [0.2, 0.25) is 0 Å². The molecule has 7 rings (SSSR count). The molecule has 10 nitrogen and oxygen atoms in total. The molecule has 2 saturated carbocycles. The minimum Gasteiger partial charge on any atom is -0.454 e. The summed E-state index contributed by atoms with van der Waals surface area (Å²) in [6.07, 6.45) is 3.00. The van der Waals surface area contributed by atoms with Crippen LogP contribution in [-0.2, 0) is 14.3 Å². The van der Waals surface area contributed by atoms with E-state index in [9.17, 15) is 29.3 Å². The van der Waals surface area contributed by atoms with E-state index in [1.54, 1.807) is 36.4 Å². The summed E-state index contributed by atoms with van der Waals surface area (Å²) in [6, 6.07) is 19.2. The number of fused-ring (bicyclic) bond motifs is 6. The number of hydrogen-bond donors (Lipinski definition) is 0. The number of nitro groups is 1. The van der Waals surface area contributed by atoms with E-state index in [0.29, 0.717) is 39.7 Å². The van der Waals surface area contributed by atoms with Crippen LogP contribution in [0.4, 0.5) is 11.4 Å². The standard InChI is InChI=1S/C34H27N3O7/c1-18-2-13-27-25(14-18)26(34(41)44-17-29(38)20-7-11-24(12-8-20)37(42)43)16-28(35-27)19-5-9-23(10-6-19)36-32(39)30-21-3-4-22(15-21)31(30)33(36)40/h2,5-14,16,21-22,30-31H,3-4,15,17H2,1H3/t21-,22+,30-,31+. The Morgan fingerprint density at radius 3 is 2.23 bits per heavy atom. The van der Waals surface area contributed by atoms with Crippen molar-refractivity contribution in [2.45, 2.75) is 26.2 Å². The molecule has 3 fully saturated rings. The van der Waals surface area contributed by atoms with Crippen molar-refractivity contribution >= 4 is 45.8 Å². The highest BCUT2D eigenvalue weighted by molar-refractivity contribution is 6.22. The second kappa shape index (κ2) is 10.5. The largest absolute Gasteiger partial charge is 0.454 e. The van der Waals surface area contributed by atoms with Gasteiger partial charge in [-0.3, -0.25) is 29.4 Å². The third kappa shape index (κ3) is 4.54. The van der Waals surface area contributed by atoms with Crippen molar-refractivity contribution in [2.75, 3.05) is 11.5 Å².